The van der Waals surface area contributed by atoms with E-state index >= 15 is 0 Å². The van der Waals surface area contributed by atoms with Gasteiger partial charge in [0.05, 0.1) is 11.8 Å². The summed E-state index contributed by atoms with van der Waals surface area (Å²) in [7, 11) is -3.23. The van der Waals surface area contributed by atoms with Crippen molar-refractivity contribution in [2.45, 2.75) is 56.2 Å². The quantitative estimate of drug-likeness (QED) is 0.762. The van der Waals surface area contributed by atoms with E-state index in [9.17, 15) is 22.0 Å². The molecule has 0 N–H and O–H groups in total. The number of hydrogen-bond donors (Lipinski definition) is 0. The first-order chi connectivity index (χ1) is 11.2. The van der Waals surface area contributed by atoms with Gasteiger partial charge in [-0.25, -0.2) is 22.0 Å². The Morgan fingerprint density at radius 3 is 2.21 bits per heavy atom. The standard InChI is InChI=1S/C15H25F2N3O3S/c1-2-20(24(22,23)13-3-4-13)12-5-8-18(9-6-12)14(21)19-10-7-15(16,17)11-19/h12-13H,2-11H2,1H3. The van der Waals surface area contributed by atoms with Gasteiger partial charge in [-0.3, -0.25) is 0 Å². The third kappa shape index (κ3) is 3.51. The van der Waals surface area contributed by atoms with E-state index in [-0.39, 0.29) is 30.3 Å². The van der Waals surface area contributed by atoms with Gasteiger partial charge in [0.25, 0.3) is 5.92 Å². The van der Waals surface area contributed by atoms with Crippen LogP contribution in [0.5, 0.6) is 0 Å². The molecule has 1 aliphatic carbocycles. The predicted molar refractivity (Wildman–Crippen MR) is 85.4 cm³/mol. The molecule has 0 aromatic carbocycles. The molecule has 3 fully saturated rings. The average molecular weight is 365 g/mol. The van der Waals surface area contributed by atoms with Crippen molar-refractivity contribution in [3.63, 3.8) is 0 Å². The minimum atomic E-state index is -3.23. The fourth-order valence-electron chi connectivity index (χ4n) is 3.65. The summed E-state index contributed by atoms with van der Waals surface area (Å²) in [5, 5.41) is -0.232. The number of rotatable bonds is 4. The monoisotopic (exact) mass is 365 g/mol. The highest BCUT2D eigenvalue weighted by Gasteiger charge is 2.44. The molecular weight excluding hydrogens is 340 g/mol. The van der Waals surface area contributed by atoms with Crippen LogP contribution in [0.3, 0.4) is 0 Å². The summed E-state index contributed by atoms with van der Waals surface area (Å²) < 4.78 is 53.1. The lowest BCUT2D eigenvalue weighted by Gasteiger charge is -2.38. The van der Waals surface area contributed by atoms with Crippen LogP contribution in [-0.2, 0) is 10.0 Å². The molecule has 3 aliphatic rings. The van der Waals surface area contributed by atoms with Crippen molar-refractivity contribution in [2.24, 2.45) is 0 Å². The molecular formula is C15H25F2N3O3S. The maximum absolute atomic E-state index is 13.3. The maximum atomic E-state index is 13.3. The molecule has 2 saturated heterocycles. The van der Waals surface area contributed by atoms with E-state index in [4.69, 9.17) is 0 Å². The van der Waals surface area contributed by atoms with Gasteiger partial charge in [-0.15, -0.1) is 0 Å². The summed E-state index contributed by atoms with van der Waals surface area (Å²) in [4.78, 5) is 15.1. The minimum absolute atomic E-state index is 0.0862. The summed E-state index contributed by atoms with van der Waals surface area (Å²) in [5.74, 6) is -2.79. The van der Waals surface area contributed by atoms with E-state index in [1.165, 1.54) is 4.90 Å². The minimum Gasteiger partial charge on any atom is -0.325 e. The Morgan fingerprint density at radius 1 is 1.12 bits per heavy atom. The van der Waals surface area contributed by atoms with Crippen molar-refractivity contribution in [1.82, 2.24) is 14.1 Å². The molecule has 9 heteroatoms. The number of piperidine rings is 1. The van der Waals surface area contributed by atoms with Crippen molar-refractivity contribution in [3.8, 4) is 0 Å². The summed E-state index contributed by atoms with van der Waals surface area (Å²) in [6, 6.07) is -0.441. The number of alkyl halides is 2. The number of carbonyl (C=O) groups excluding carboxylic acids is 1. The smallest absolute Gasteiger partial charge is 0.320 e. The summed E-state index contributed by atoms with van der Waals surface area (Å²) in [5.41, 5.74) is 0. The largest absolute Gasteiger partial charge is 0.325 e. The normalized spacial score (nSPS) is 25.5. The fraction of sp³-hybridized carbons (Fsp3) is 0.933. The first-order valence-corrected chi connectivity index (χ1v) is 10.2. The second kappa shape index (κ2) is 6.40. The van der Waals surface area contributed by atoms with Gasteiger partial charge in [-0.2, -0.15) is 4.31 Å². The number of amides is 2. The molecule has 2 amide bonds. The van der Waals surface area contributed by atoms with Crippen molar-refractivity contribution in [2.75, 3.05) is 32.7 Å². The first-order valence-electron chi connectivity index (χ1n) is 8.67. The Morgan fingerprint density at radius 2 is 1.75 bits per heavy atom. The Balaban J connectivity index is 1.56. The number of halogens is 2. The van der Waals surface area contributed by atoms with E-state index in [0.29, 0.717) is 32.5 Å². The van der Waals surface area contributed by atoms with Crippen molar-refractivity contribution in [1.29, 1.82) is 0 Å². The van der Waals surface area contributed by atoms with E-state index in [1.54, 1.807) is 9.21 Å². The highest BCUT2D eigenvalue weighted by molar-refractivity contribution is 7.90. The molecule has 138 valence electrons. The van der Waals surface area contributed by atoms with E-state index in [2.05, 4.69) is 0 Å². The molecule has 2 heterocycles. The van der Waals surface area contributed by atoms with Gasteiger partial charge in [0.1, 0.15) is 0 Å². The predicted octanol–water partition coefficient (Wildman–Crippen LogP) is 1.73. The van der Waals surface area contributed by atoms with Crippen LogP contribution >= 0.6 is 0 Å². The lowest BCUT2D eigenvalue weighted by Crippen LogP contribution is -2.52. The second-order valence-corrected chi connectivity index (χ2v) is 9.14. The van der Waals surface area contributed by atoms with Crippen LogP contribution in [0.15, 0.2) is 0 Å². The zero-order valence-electron chi connectivity index (χ0n) is 14.0. The fourth-order valence-corrected chi connectivity index (χ4v) is 5.75. The van der Waals surface area contributed by atoms with Gasteiger partial charge in [0, 0.05) is 38.6 Å². The van der Waals surface area contributed by atoms with Gasteiger partial charge >= 0.3 is 6.03 Å². The number of likely N-dealkylation sites (tertiary alicyclic amines) is 2. The molecule has 3 rings (SSSR count). The third-order valence-electron chi connectivity index (χ3n) is 5.17. The third-order valence-corrected chi connectivity index (χ3v) is 7.69. The van der Waals surface area contributed by atoms with Crippen LogP contribution in [0.25, 0.3) is 0 Å². The zero-order valence-corrected chi connectivity index (χ0v) is 14.8. The topological polar surface area (TPSA) is 60.9 Å². The van der Waals surface area contributed by atoms with E-state index in [0.717, 1.165) is 12.8 Å². The van der Waals surface area contributed by atoms with Crippen LogP contribution in [0.4, 0.5) is 13.6 Å². The lowest BCUT2D eigenvalue weighted by molar-refractivity contribution is 0.0133. The number of carbonyl (C=O) groups is 1. The molecule has 1 saturated carbocycles. The van der Waals surface area contributed by atoms with Crippen LogP contribution in [0.2, 0.25) is 0 Å². The molecule has 6 nitrogen and oxygen atoms in total. The Bertz CT molecular complexity index is 587. The molecule has 0 atom stereocenters. The van der Waals surface area contributed by atoms with Gasteiger partial charge in [0.15, 0.2) is 0 Å². The Labute approximate surface area is 141 Å². The summed E-state index contributed by atoms with van der Waals surface area (Å²) in [6.45, 7) is 2.69. The lowest BCUT2D eigenvalue weighted by atomic mass is 10.1. The molecule has 0 bridgehead atoms. The van der Waals surface area contributed by atoms with Gasteiger partial charge in [-0.05, 0) is 25.7 Å². The van der Waals surface area contributed by atoms with Crippen LogP contribution in [0.1, 0.15) is 39.0 Å². The first kappa shape index (κ1) is 17.8. The van der Waals surface area contributed by atoms with Gasteiger partial charge in [-0.1, -0.05) is 6.92 Å². The van der Waals surface area contributed by atoms with Gasteiger partial charge in [0.2, 0.25) is 10.0 Å². The number of hydrogen-bond acceptors (Lipinski definition) is 3. The highest BCUT2D eigenvalue weighted by atomic mass is 32.2. The Kier molecular flexibility index (Phi) is 4.76. The van der Waals surface area contributed by atoms with Gasteiger partial charge < -0.3 is 9.80 Å². The average Bonchev–Trinajstić information content (AvgIpc) is 3.32. The molecule has 2 aliphatic heterocycles. The molecule has 0 radical (unpaired) electrons. The van der Waals surface area contributed by atoms with E-state index in [1.807, 2.05) is 6.92 Å². The molecule has 0 spiro atoms. The number of sulfonamides is 1. The zero-order chi connectivity index (χ0) is 17.5. The van der Waals surface area contributed by atoms with Crippen molar-refractivity contribution < 1.29 is 22.0 Å². The van der Waals surface area contributed by atoms with Crippen LogP contribution in [0, 0.1) is 0 Å². The summed E-state index contributed by atoms with van der Waals surface area (Å²) >= 11 is 0. The molecule has 0 aromatic heterocycles. The Hall–Kier alpha value is -0.960. The van der Waals surface area contributed by atoms with Crippen molar-refractivity contribution in [3.05, 3.63) is 0 Å². The van der Waals surface area contributed by atoms with Crippen LogP contribution < -0.4 is 0 Å². The summed E-state index contributed by atoms with van der Waals surface area (Å²) in [6.07, 6.45) is 2.32. The second-order valence-electron chi connectivity index (χ2n) is 6.98. The van der Waals surface area contributed by atoms with Crippen LogP contribution in [-0.4, -0.2) is 78.5 Å². The maximum Gasteiger partial charge on any atom is 0.320 e. The number of urea groups is 1. The molecule has 24 heavy (non-hydrogen) atoms. The highest BCUT2D eigenvalue weighted by Crippen LogP contribution is 2.34. The van der Waals surface area contributed by atoms with Crippen molar-refractivity contribution >= 4 is 16.1 Å². The molecule has 0 aromatic rings. The molecule has 0 unspecified atom stereocenters. The van der Waals surface area contributed by atoms with E-state index < -0.39 is 22.5 Å². The number of nitrogens with zero attached hydrogens (tertiary/aromatic N) is 3. The SMILES string of the molecule is CCN(C1CCN(C(=O)N2CCC(F)(F)C2)CC1)S(=O)(=O)C1CC1.